The molecule has 3 rings (SSSR count). The fourth-order valence-electron chi connectivity index (χ4n) is 3.80. The lowest BCUT2D eigenvalue weighted by Gasteiger charge is -2.18. The summed E-state index contributed by atoms with van der Waals surface area (Å²) in [4.78, 5) is 24.6. The number of cyclic esters (lactones) is 2. The maximum Gasteiger partial charge on any atom is 0.330 e. The Morgan fingerprint density at radius 3 is 1.44 bits per heavy atom. The van der Waals surface area contributed by atoms with Crippen molar-refractivity contribution in [1.29, 1.82) is 0 Å². The Morgan fingerprint density at radius 2 is 1.03 bits per heavy atom. The van der Waals surface area contributed by atoms with E-state index in [-0.39, 0.29) is 24.1 Å². The molecule has 4 nitrogen and oxygen atoms in total. The molecule has 0 aromatic heterocycles. The molecule has 32 heavy (non-hydrogen) atoms. The highest BCUT2D eigenvalue weighted by molar-refractivity contribution is 5.82. The molecule has 0 spiro atoms. The standard InChI is InChI=1S/C28H32O4/c29-27-17-10-8-16-26(22-20-24-13-5-2-6-14-24)32-28(30)18-9-7-15-25(31-27)21-19-23-11-3-1-4-12-23/h1-6,9-14,17-18,25-26H,7-8,15-16,19-22H2/b17-10+,18-9+/t25-,26+. The third-order valence-electron chi connectivity index (χ3n) is 5.58. The van der Waals surface area contributed by atoms with E-state index in [0.717, 1.165) is 25.7 Å². The van der Waals surface area contributed by atoms with Crippen LogP contribution in [0, 0.1) is 0 Å². The second-order valence-electron chi connectivity index (χ2n) is 8.13. The Morgan fingerprint density at radius 1 is 0.625 bits per heavy atom. The highest BCUT2D eigenvalue weighted by Crippen LogP contribution is 2.16. The summed E-state index contributed by atoms with van der Waals surface area (Å²) in [6, 6.07) is 20.3. The van der Waals surface area contributed by atoms with E-state index in [1.54, 1.807) is 0 Å². The number of esters is 2. The third-order valence-corrected chi connectivity index (χ3v) is 5.58. The molecule has 0 amide bonds. The van der Waals surface area contributed by atoms with Gasteiger partial charge in [0.05, 0.1) is 0 Å². The lowest BCUT2D eigenvalue weighted by Crippen LogP contribution is -2.19. The zero-order valence-electron chi connectivity index (χ0n) is 18.5. The average Bonchev–Trinajstić information content (AvgIpc) is 2.82. The quantitative estimate of drug-likeness (QED) is 0.545. The van der Waals surface area contributed by atoms with Crippen LogP contribution in [0.5, 0.6) is 0 Å². The molecule has 168 valence electrons. The van der Waals surface area contributed by atoms with E-state index in [1.165, 1.54) is 23.3 Å². The molecule has 4 heteroatoms. The predicted molar refractivity (Wildman–Crippen MR) is 126 cm³/mol. The van der Waals surface area contributed by atoms with Crippen molar-refractivity contribution in [2.24, 2.45) is 0 Å². The molecule has 0 unspecified atom stereocenters. The lowest BCUT2D eigenvalue weighted by molar-refractivity contribution is -0.145. The van der Waals surface area contributed by atoms with Crippen LogP contribution < -0.4 is 0 Å². The zero-order valence-corrected chi connectivity index (χ0v) is 18.5. The summed E-state index contributed by atoms with van der Waals surface area (Å²) < 4.78 is 11.4. The topological polar surface area (TPSA) is 52.6 Å². The van der Waals surface area contributed by atoms with Crippen LogP contribution in [-0.4, -0.2) is 24.1 Å². The summed E-state index contributed by atoms with van der Waals surface area (Å²) >= 11 is 0. The van der Waals surface area contributed by atoms with Crippen LogP contribution in [0.3, 0.4) is 0 Å². The fraction of sp³-hybridized carbons (Fsp3) is 0.357. The maximum absolute atomic E-state index is 12.3. The van der Waals surface area contributed by atoms with Crippen molar-refractivity contribution >= 4 is 11.9 Å². The number of rotatable bonds is 6. The maximum atomic E-state index is 12.3. The van der Waals surface area contributed by atoms with Crippen LogP contribution in [0.4, 0.5) is 0 Å². The van der Waals surface area contributed by atoms with Gasteiger partial charge in [0.25, 0.3) is 0 Å². The smallest absolute Gasteiger partial charge is 0.330 e. The summed E-state index contributed by atoms with van der Waals surface area (Å²) in [5.74, 6) is -0.608. The van der Waals surface area contributed by atoms with Gasteiger partial charge in [0.1, 0.15) is 12.2 Å². The lowest BCUT2D eigenvalue weighted by atomic mass is 10.0. The Kier molecular flexibility index (Phi) is 9.78. The molecule has 1 heterocycles. The molecule has 2 aromatic rings. The Hall–Kier alpha value is -3.14. The molecule has 0 saturated carbocycles. The van der Waals surface area contributed by atoms with E-state index in [1.807, 2.05) is 48.6 Å². The first kappa shape index (κ1) is 23.5. The van der Waals surface area contributed by atoms with Crippen LogP contribution in [-0.2, 0) is 31.9 Å². The van der Waals surface area contributed by atoms with E-state index < -0.39 is 0 Å². The highest BCUT2D eigenvalue weighted by atomic mass is 16.5. The van der Waals surface area contributed by atoms with Gasteiger partial charge in [-0.1, -0.05) is 72.8 Å². The van der Waals surface area contributed by atoms with Crippen LogP contribution in [0.2, 0.25) is 0 Å². The molecule has 2 atom stereocenters. The van der Waals surface area contributed by atoms with Crippen molar-refractivity contribution < 1.29 is 19.1 Å². The van der Waals surface area contributed by atoms with Crippen molar-refractivity contribution in [2.45, 2.75) is 63.6 Å². The van der Waals surface area contributed by atoms with Crippen molar-refractivity contribution in [1.82, 2.24) is 0 Å². The van der Waals surface area contributed by atoms with Gasteiger partial charge in [-0.25, -0.2) is 9.59 Å². The van der Waals surface area contributed by atoms with E-state index in [0.29, 0.717) is 25.7 Å². The molecule has 0 aliphatic carbocycles. The number of hydrogen-bond donors (Lipinski definition) is 0. The molecule has 1 aliphatic heterocycles. The second kappa shape index (κ2) is 13.3. The molecule has 0 saturated heterocycles. The summed E-state index contributed by atoms with van der Waals surface area (Å²) in [5.41, 5.74) is 2.44. The van der Waals surface area contributed by atoms with Gasteiger partial charge in [-0.15, -0.1) is 0 Å². The van der Waals surface area contributed by atoms with Gasteiger partial charge >= 0.3 is 11.9 Å². The van der Waals surface area contributed by atoms with Crippen molar-refractivity contribution in [3.8, 4) is 0 Å². The first-order chi connectivity index (χ1) is 15.7. The summed E-state index contributed by atoms with van der Waals surface area (Å²) in [5, 5.41) is 0. The molecule has 0 N–H and O–H groups in total. The predicted octanol–water partition coefficient (Wildman–Crippen LogP) is 5.76. The van der Waals surface area contributed by atoms with Crippen molar-refractivity contribution in [3.63, 3.8) is 0 Å². The average molecular weight is 433 g/mol. The van der Waals surface area contributed by atoms with Gasteiger partial charge in [0, 0.05) is 12.2 Å². The third kappa shape index (κ3) is 8.93. The van der Waals surface area contributed by atoms with Crippen LogP contribution in [0.25, 0.3) is 0 Å². The Bertz CT molecular complexity index is 811. The number of carbonyl (C=O) groups excluding carboxylic acids is 2. The molecular formula is C28H32O4. The van der Waals surface area contributed by atoms with Crippen molar-refractivity contribution in [2.75, 3.05) is 0 Å². The molecule has 0 radical (unpaired) electrons. The van der Waals surface area contributed by atoms with E-state index in [4.69, 9.17) is 9.47 Å². The van der Waals surface area contributed by atoms with E-state index in [2.05, 4.69) is 24.3 Å². The van der Waals surface area contributed by atoms with Gasteiger partial charge in [0.15, 0.2) is 0 Å². The zero-order chi connectivity index (χ0) is 22.4. The largest absolute Gasteiger partial charge is 0.459 e. The summed E-state index contributed by atoms with van der Waals surface area (Å²) in [6.07, 6.45) is 12.1. The minimum atomic E-state index is -0.304. The number of ether oxygens (including phenoxy) is 2. The molecular weight excluding hydrogens is 400 g/mol. The van der Waals surface area contributed by atoms with Gasteiger partial charge in [0.2, 0.25) is 0 Å². The van der Waals surface area contributed by atoms with Gasteiger partial charge in [-0.2, -0.15) is 0 Å². The monoisotopic (exact) mass is 432 g/mol. The fourth-order valence-corrected chi connectivity index (χ4v) is 3.80. The molecule has 0 fully saturated rings. The Labute approximate surface area is 190 Å². The molecule has 2 aromatic carbocycles. The first-order valence-corrected chi connectivity index (χ1v) is 11.5. The van der Waals surface area contributed by atoms with Gasteiger partial charge < -0.3 is 9.47 Å². The van der Waals surface area contributed by atoms with Crippen molar-refractivity contribution in [3.05, 3.63) is 96.1 Å². The molecule has 0 bridgehead atoms. The summed E-state index contributed by atoms with van der Waals surface area (Å²) in [6.45, 7) is 0. The second-order valence-corrected chi connectivity index (χ2v) is 8.13. The van der Waals surface area contributed by atoms with Crippen LogP contribution in [0.1, 0.15) is 49.7 Å². The van der Waals surface area contributed by atoms with Crippen LogP contribution >= 0.6 is 0 Å². The normalized spacial score (nSPS) is 22.2. The van der Waals surface area contributed by atoms with Gasteiger partial charge in [-0.05, 0) is 62.5 Å². The molecule has 1 aliphatic rings. The highest BCUT2D eigenvalue weighted by Gasteiger charge is 2.15. The number of benzene rings is 2. The minimum Gasteiger partial charge on any atom is -0.459 e. The number of carbonyl (C=O) groups is 2. The first-order valence-electron chi connectivity index (χ1n) is 11.5. The van der Waals surface area contributed by atoms with E-state index >= 15 is 0 Å². The SMILES string of the molecule is O=C1/C=C/CC[C@@H](CCc2ccccc2)OC(=O)/C=C/CC[C@H](CCc2ccccc2)O1. The number of allylic oxidation sites excluding steroid dienone is 2. The number of hydrogen-bond acceptors (Lipinski definition) is 4. The Balaban J connectivity index is 1.56. The van der Waals surface area contributed by atoms with E-state index in [9.17, 15) is 9.59 Å². The number of aryl methyl sites for hydroxylation is 2. The minimum absolute atomic E-state index is 0.186. The van der Waals surface area contributed by atoms with Crippen LogP contribution in [0.15, 0.2) is 85.0 Å². The van der Waals surface area contributed by atoms with Gasteiger partial charge in [-0.3, -0.25) is 0 Å². The summed E-state index contributed by atoms with van der Waals surface area (Å²) in [7, 11) is 0.